The molecule has 1 heterocycles. The number of carbonyl (C=O) groups excluding carboxylic acids is 1. The molecule has 0 bridgehead atoms. The number of hydrogen-bond acceptors (Lipinski definition) is 5. The van der Waals surface area contributed by atoms with Crippen molar-refractivity contribution < 1.29 is 22.7 Å². The predicted molar refractivity (Wildman–Crippen MR) is 87.8 cm³/mol. The summed E-state index contributed by atoms with van der Waals surface area (Å²) >= 11 is 0.991. The summed E-state index contributed by atoms with van der Waals surface area (Å²) in [5, 5.41) is 14.8. The number of aryl methyl sites for hydroxylation is 1. The lowest BCUT2D eigenvalue weighted by molar-refractivity contribution is -0.274. The number of hydrogen-bond donors (Lipinski definition) is 2. The van der Waals surface area contributed by atoms with Gasteiger partial charge in [0.1, 0.15) is 22.4 Å². The van der Waals surface area contributed by atoms with Gasteiger partial charge in [0.15, 0.2) is 0 Å². The molecule has 2 amide bonds. The zero-order valence-corrected chi connectivity index (χ0v) is 14.3. The summed E-state index contributed by atoms with van der Waals surface area (Å²) in [4.78, 5) is 12.3. The van der Waals surface area contributed by atoms with Crippen LogP contribution in [0.2, 0.25) is 0 Å². The lowest BCUT2D eigenvalue weighted by Gasteiger charge is -2.19. The van der Waals surface area contributed by atoms with Gasteiger partial charge in [0, 0.05) is 0 Å². The number of nitrogens with zero attached hydrogens (tertiary/aromatic N) is 2. The highest BCUT2D eigenvalue weighted by Crippen LogP contribution is 2.46. The summed E-state index contributed by atoms with van der Waals surface area (Å²) in [6.45, 7) is 1.66. The number of benzene rings is 1. The van der Waals surface area contributed by atoms with E-state index in [9.17, 15) is 18.0 Å². The van der Waals surface area contributed by atoms with Crippen molar-refractivity contribution in [3.8, 4) is 11.8 Å². The summed E-state index contributed by atoms with van der Waals surface area (Å²) in [6.07, 6.45) is -3.61. The van der Waals surface area contributed by atoms with E-state index in [1.54, 1.807) is 13.0 Å². The number of nitrogens with one attached hydrogen (secondary N) is 2. The largest absolute Gasteiger partial charge is 0.573 e. The third kappa shape index (κ3) is 3.88. The van der Waals surface area contributed by atoms with Crippen LogP contribution in [0.25, 0.3) is 0 Å². The van der Waals surface area contributed by atoms with Crippen LogP contribution in [0.3, 0.4) is 0 Å². The van der Waals surface area contributed by atoms with Crippen LogP contribution in [0, 0.1) is 18.3 Å². The van der Waals surface area contributed by atoms with Gasteiger partial charge >= 0.3 is 12.4 Å². The summed E-state index contributed by atoms with van der Waals surface area (Å²) in [5.74, 6) is -0.340. The molecule has 3 rings (SSSR count). The van der Waals surface area contributed by atoms with E-state index in [0.29, 0.717) is 29.1 Å². The Morgan fingerprint density at radius 1 is 1.42 bits per heavy atom. The molecule has 10 heteroatoms. The van der Waals surface area contributed by atoms with E-state index in [4.69, 9.17) is 5.26 Å². The Bertz CT molecular complexity index is 884. The number of carbonyl (C=O) groups is 1. The van der Waals surface area contributed by atoms with Gasteiger partial charge in [0.2, 0.25) is 0 Å². The molecule has 1 aromatic carbocycles. The van der Waals surface area contributed by atoms with Crippen LogP contribution in [0.4, 0.5) is 23.0 Å². The van der Waals surface area contributed by atoms with Gasteiger partial charge in [-0.05, 0) is 49.0 Å². The number of alkyl halides is 3. The minimum Gasteiger partial charge on any atom is -0.406 e. The van der Waals surface area contributed by atoms with Crippen molar-refractivity contribution >= 4 is 22.6 Å². The highest BCUT2D eigenvalue weighted by molar-refractivity contribution is 7.10. The Balaban J connectivity index is 1.72. The highest BCUT2D eigenvalue weighted by Gasteiger charge is 2.46. The SMILES string of the molecule is Cc1nsc(NC(=O)NC2(c3cccc(OC(F)(F)F)c3)CC2)c1C#N. The predicted octanol–water partition coefficient (Wildman–Crippen LogP) is 4.03. The summed E-state index contributed by atoms with van der Waals surface area (Å²) < 4.78 is 45.1. The average molecular weight is 382 g/mol. The molecule has 2 N–H and O–H groups in total. The minimum absolute atomic E-state index is 0.288. The molecule has 1 aliphatic carbocycles. The van der Waals surface area contributed by atoms with Gasteiger partial charge in [-0.2, -0.15) is 9.64 Å². The first-order valence-corrected chi connectivity index (χ1v) is 8.32. The van der Waals surface area contributed by atoms with Crippen LogP contribution >= 0.6 is 11.5 Å². The second kappa shape index (κ2) is 6.49. The van der Waals surface area contributed by atoms with Gasteiger partial charge in [-0.25, -0.2) is 4.79 Å². The van der Waals surface area contributed by atoms with E-state index in [-0.39, 0.29) is 11.3 Å². The topological polar surface area (TPSA) is 87.0 Å². The van der Waals surface area contributed by atoms with E-state index in [0.717, 1.165) is 11.5 Å². The maximum atomic E-state index is 12.4. The molecule has 0 atom stereocenters. The van der Waals surface area contributed by atoms with Crippen LogP contribution < -0.4 is 15.4 Å². The molecular weight excluding hydrogens is 369 g/mol. The zero-order valence-electron chi connectivity index (χ0n) is 13.5. The molecule has 136 valence electrons. The Labute approximate surface area is 150 Å². The Kier molecular flexibility index (Phi) is 4.50. The molecular formula is C16H13F3N4O2S. The van der Waals surface area contributed by atoms with E-state index in [2.05, 4.69) is 19.7 Å². The van der Waals surface area contributed by atoms with Crippen molar-refractivity contribution in [3.63, 3.8) is 0 Å². The number of amides is 2. The fraction of sp³-hybridized carbons (Fsp3) is 0.312. The molecule has 0 radical (unpaired) electrons. The Hall–Kier alpha value is -2.80. The van der Waals surface area contributed by atoms with Crippen LogP contribution in [-0.2, 0) is 5.54 Å². The Morgan fingerprint density at radius 2 is 2.15 bits per heavy atom. The number of ether oxygens (including phenoxy) is 1. The molecule has 6 nitrogen and oxygen atoms in total. The first-order chi connectivity index (χ1) is 12.2. The van der Waals surface area contributed by atoms with Crippen LogP contribution in [0.5, 0.6) is 5.75 Å². The summed E-state index contributed by atoms with van der Waals surface area (Å²) in [7, 11) is 0. The van der Waals surface area contributed by atoms with Gasteiger partial charge in [-0.15, -0.1) is 13.2 Å². The maximum absolute atomic E-state index is 12.4. The normalized spacial score (nSPS) is 15.0. The molecule has 26 heavy (non-hydrogen) atoms. The van der Waals surface area contributed by atoms with Gasteiger partial charge in [-0.1, -0.05) is 12.1 Å². The van der Waals surface area contributed by atoms with Crippen molar-refractivity contribution in [2.75, 3.05) is 5.32 Å². The third-order valence-electron chi connectivity index (χ3n) is 3.92. The smallest absolute Gasteiger partial charge is 0.406 e. The van der Waals surface area contributed by atoms with Crippen LogP contribution in [0.1, 0.15) is 29.7 Å². The quantitative estimate of drug-likeness (QED) is 0.836. The molecule has 1 aliphatic rings. The van der Waals surface area contributed by atoms with Crippen LogP contribution in [0.15, 0.2) is 24.3 Å². The zero-order chi connectivity index (χ0) is 18.9. The first kappa shape index (κ1) is 18.0. The maximum Gasteiger partial charge on any atom is 0.573 e. The summed E-state index contributed by atoms with van der Waals surface area (Å²) in [5.41, 5.74) is 0.582. The van der Waals surface area contributed by atoms with E-state index < -0.39 is 17.9 Å². The van der Waals surface area contributed by atoms with Crippen molar-refractivity contribution in [2.45, 2.75) is 31.7 Å². The Morgan fingerprint density at radius 3 is 2.77 bits per heavy atom. The van der Waals surface area contributed by atoms with Gasteiger partial charge in [0.25, 0.3) is 0 Å². The number of anilines is 1. The molecule has 0 spiro atoms. The van der Waals surface area contributed by atoms with Crippen molar-refractivity contribution in [2.24, 2.45) is 0 Å². The van der Waals surface area contributed by atoms with E-state index >= 15 is 0 Å². The number of nitriles is 1. The number of aromatic nitrogens is 1. The molecule has 1 fully saturated rings. The molecule has 0 aliphatic heterocycles. The van der Waals surface area contributed by atoms with E-state index in [1.807, 2.05) is 6.07 Å². The highest BCUT2D eigenvalue weighted by atomic mass is 32.1. The summed E-state index contributed by atoms with van der Waals surface area (Å²) in [6, 6.07) is 6.96. The number of rotatable bonds is 4. The lowest BCUT2D eigenvalue weighted by atomic mass is 10.0. The monoisotopic (exact) mass is 382 g/mol. The van der Waals surface area contributed by atoms with Crippen molar-refractivity contribution in [1.82, 2.24) is 9.69 Å². The molecule has 1 saturated carbocycles. The second-order valence-corrected chi connectivity index (χ2v) is 6.59. The second-order valence-electron chi connectivity index (χ2n) is 5.82. The fourth-order valence-corrected chi connectivity index (χ4v) is 3.28. The fourth-order valence-electron chi connectivity index (χ4n) is 2.54. The minimum atomic E-state index is -4.78. The molecule has 1 aromatic heterocycles. The third-order valence-corrected chi connectivity index (χ3v) is 4.78. The lowest BCUT2D eigenvalue weighted by Crippen LogP contribution is -2.38. The van der Waals surface area contributed by atoms with Gasteiger partial charge in [0.05, 0.1) is 11.2 Å². The van der Waals surface area contributed by atoms with Crippen molar-refractivity contribution in [3.05, 3.63) is 41.1 Å². The molecule has 0 unspecified atom stereocenters. The average Bonchev–Trinajstić information content (AvgIpc) is 3.24. The number of urea groups is 1. The number of halogens is 3. The molecule has 2 aromatic rings. The van der Waals surface area contributed by atoms with Gasteiger partial charge < -0.3 is 10.1 Å². The first-order valence-electron chi connectivity index (χ1n) is 7.54. The van der Waals surface area contributed by atoms with Gasteiger partial charge in [-0.3, -0.25) is 5.32 Å². The van der Waals surface area contributed by atoms with Crippen LogP contribution in [-0.4, -0.2) is 16.8 Å². The van der Waals surface area contributed by atoms with Crippen molar-refractivity contribution in [1.29, 1.82) is 5.26 Å². The molecule has 0 saturated heterocycles. The standard InChI is InChI=1S/C16H13F3N4O2S/c1-9-12(8-20)13(26-23-9)21-14(24)22-15(5-6-15)10-3-2-4-11(7-10)25-16(17,18)19/h2-4,7H,5-6H2,1H3,(H2,21,22,24). The van der Waals surface area contributed by atoms with E-state index in [1.165, 1.54) is 18.2 Å².